The van der Waals surface area contributed by atoms with Crippen molar-refractivity contribution in [2.24, 2.45) is 11.8 Å². The Morgan fingerprint density at radius 2 is 2.07 bits per heavy atom. The molecule has 1 atom stereocenters. The Hall–Kier alpha value is -2.95. The molecule has 1 aliphatic rings. The van der Waals surface area contributed by atoms with Gasteiger partial charge >= 0.3 is 0 Å². The van der Waals surface area contributed by atoms with Gasteiger partial charge in [-0.15, -0.1) is 0 Å². The quantitative estimate of drug-likeness (QED) is 0.688. The molecule has 1 N–H and O–H groups in total. The van der Waals surface area contributed by atoms with E-state index in [-0.39, 0.29) is 17.6 Å². The smallest absolute Gasteiger partial charge is 0.255 e. The highest BCUT2D eigenvalue weighted by Crippen LogP contribution is 2.24. The van der Waals surface area contributed by atoms with Crippen LogP contribution in [0.4, 0.5) is 0 Å². The Morgan fingerprint density at radius 3 is 2.83 bits per heavy atom. The largest absolute Gasteiger partial charge is 0.361 e. The van der Waals surface area contributed by atoms with Gasteiger partial charge in [0.1, 0.15) is 5.78 Å². The normalized spacial score (nSPS) is 17.1. The van der Waals surface area contributed by atoms with Crippen LogP contribution in [-0.2, 0) is 4.79 Å². The Morgan fingerprint density at radius 1 is 1.21 bits per heavy atom. The molecule has 0 radical (unpaired) electrons. The Balaban J connectivity index is 1.46. The van der Waals surface area contributed by atoms with E-state index in [0.717, 1.165) is 35.0 Å². The second-order valence-corrected chi connectivity index (χ2v) is 8.37. The van der Waals surface area contributed by atoms with Crippen molar-refractivity contribution in [3.8, 4) is 11.3 Å². The molecule has 5 heteroatoms. The minimum Gasteiger partial charge on any atom is -0.361 e. The summed E-state index contributed by atoms with van der Waals surface area (Å²) < 4.78 is 0. The number of likely N-dealkylation sites (tertiary alicyclic amines) is 1. The van der Waals surface area contributed by atoms with Crippen molar-refractivity contribution in [3.05, 3.63) is 54.4 Å². The number of fused-ring (bicyclic) bond motifs is 1. The molecule has 1 fully saturated rings. The highest BCUT2D eigenvalue weighted by atomic mass is 16.2. The summed E-state index contributed by atoms with van der Waals surface area (Å²) in [7, 11) is 0. The number of nitrogens with one attached hydrogen (secondary N) is 1. The van der Waals surface area contributed by atoms with Crippen LogP contribution in [0.2, 0.25) is 0 Å². The number of carbonyl (C=O) groups excluding carboxylic acids is 2. The molecule has 0 bridgehead atoms. The van der Waals surface area contributed by atoms with Crippen LogP contribution < -0.4 is 0 Å². The predicted octanol–water partition coefficient (Wildman–Crippen LogP) is 4.70. The van der Waals surface area contributed by atoms with Gasteiger partial charge in [-0.3, -0.25) is 14.6 Å². The molecule has 0 aliphatic carbocycles. The molecule has 5 nitrogen and oxygen atoms in total. The van der Waals surface area contributed by atoms with Crippen molar-refractivity contribution < 1.29 is 9.59 Å². The summed E-state index contributed by atoms with van der Waals surface area (Å²) >= 11 is 0. The minimum absolute atomic E-state index is 0.0320. The molecule has 29 heavy (non-hydrogen) atoms. The molecule has 2 aromatic heterocycles. The third-order valence-corrected chi connectivity index (χ3v) is 5.63. The van der Waals surface area contributed by atoms with Crippen LogP contribution in [0.3, 0.4) is 0 Å². The molecule has 1 aliphatic heterocycles. The van der Waals surface area contributed by atoms with Crippen molar-refractivity contribution in [1.29, 1.82) is 0 Å². The highest BCUT2D eigenvalue weighted by Gasteiger charge is 2.29. The molecular formula is C24H27N3O2. The van der Waals surface area contributed by atoms with E-state index in [1.807, 2.05) is 41.4 Å². The van der Waals surface area contributed by atoms with Crippen LogP contribution in [0.1, 0.15) is 43.5 Å². The number of rotatable bonds is 5. The van der Waals surface area contributed by atoms with Gasteiger partial charge in [-0.05, 0) is 49.1 Å². The number of amides is 1. The summed E-state index contributed by atoms with van der Waals surface area (Å²) in [6.07, 6.45) is 5.92. The van der Waals surface area contributed by atoms with Crippen LogP contribution >= 0.6 is 0 Å². The van der Waals surface area contributed by atoms with E-state index < -0.39 is 0 Å². The summed E-state index contributed by atoms with van der Waals surface area (Å²) in [6, 6.07) is 11.9. The van der Waals surface area contributed by atoms with Gasteiger partial charge < -0.3 is 9.88 Å². The van der Waals surface area contributed by atoms with Gasteiger partial charge in [-0.1, -0.05) is 19.9 Å². The van der Waals surface area contributed by atoms with E-state index in [2.05, 4.69) is 29.9 Å². The maximum atomic E-state index is 12.9. The number of benzene rings is 1. The number of carbonyl (C=O) groups is 2. The molecule has 0 saturated carbocycles. The number of H-pyrrole nitrogens is 1. The lowest BCUT2D eigenvalue weighted by Crippen LogP contribution is -2.42. The second-order valence-electron chi connectivity index (χ2n) is 8.37. The summed E-state index contributed by atoms with van der Waals surface area (Å²) in [6.45, 7) is 5.35. The van der Waals surface area contributed by atoms with Gasteiger partial charge in [0.25, 0.3) is 5.91 Å². The minimum atomic E-state index is -0.0350. The number of pyridine rings is 1. The van der Waals surface area contributed by atoms with Gasteiger partial charge in [0, 0.05) is 54.3 Å². The lowest BCUT2D eigenvalue weighted by Gasteiger charge is -2.32. The van der Waals surface area contributed by atoms with Gasteiger partial charge in [0.05, 0.1) is 11.3 Å². The van der Waals surface area contributed by atoms with E-state index in [1.165, 1.54) is 0 Å². The number of hydrogen-bond donors (Lipinski definition) is 1. The zero-order chi connectivity index (χ0) is 20.4. The SMILES string of the molecule is CC(C)CC(=O)C1CCCN(C(=O)c2ccc(-c3ccc4[nH]ccc4c3)nc2)C1. The van der Waals surface area contributed by atoms with Gasteiger partial charge in [-0.2, -0.15) is 0 Å². The summed E-state index contributed by atoms with van der Waals surface area (Å²) in [5.74, 6) is 0.574. The van der Waals surface area contributed by atoms with Crippen molar-refractivity contribution in [2.75, 3.05) is 13.1 Å². The molecule has 0 spiro atoms. The topological polar surface area (TPSA) is 66.1 Å². The number of Topliss-reactive ketones (excluding diaryl/α,β-unsaturated/α-hetero) is 1. The fraction of sp³-hybridized carbons (Fsp3) is 0.375. The highest BCUT2D eigenvalue weighted by molar-refractivity contribution is 5.95. The van der Waals surface area contributed by atoms with Gasteiger partial charge in [0.15, 0.2) is 0 Å². The van der Waals surface area contributed by atoms with Crippen LogP contribution in [0, 0.1) is 11.8 Å². The van der Waals surface area contributed by atoms with Gasteiger partial charge in [-0.25, -0.2) is 0 Å². The molecule has 1 saturated heterocycles. The lowest BCUT2D eigenvalue weighted by molar-refractivity contribution is -0.124. The van der Waals surface area contributed by atoms with E-state index in [1.54, 1.807) is 6.20 Å². The molecular weight excluding hydrogens is 362 g/mol. The molecule has 4 rings (SSSR count). The Bertz CT molecular complexity index is 1020. The Labute approximate surface area is 171 Å². The fourth-order valence-electron chi connectivity index (χ4n) is 4.08. The number of aromatic amines is 1. The van der Waals surface area contributed by atoms with E-state index in [0.29, 0.717) is 31.0 Å². The number of nitrogens with zero attached hydrogens (tertiary/aromatic N) is 2. The molecule has 3 aromatic rings. The van der Waals surface area contributed by atoms with Crippen molar-refractivity contribution in [1.82, 2.24) is 14.9 Å². The first-order valence-corrected chi connectivity index (χ1v) is 10.4. The Kier molecular flexibility index (Phi) is 5.47. The first-order chi connectivity index (χ1) is 14.0. The van der Waals surface area contributed by atoms with Crippen molar-refractivity contribution >= 4 is 22.6 Å². The first-order valence-electron chi connectivity index (χ1n) is 10.4. The molecule has 1 amide bonds. The van der Waals surface area contributed by atoms with E-state index in [9.17, 15) is 9.59 Å². The number of piperidine rings is 1. The zero-order valence-corrected chi connectivity index (χ0v) is 17.0. The number of aromatic nitrogens is 2. The van der Waals surface area contributed by atoms with Gasteiger partial charge in [0.2, 0.25) is 0 Å². The molecule has 1 unspecified atom stereocenters. The van der Waals surface area contributed by atoms with Crippen molar-refractivity contribution in [2.45, 2.75) is 33.1 Å². The summed E-state index contributed by atoms with van der Waals surface area (Å²) in [5.41, 5.74) is 3.53. The number of hydrogen-bond acceptors (Lipinski definition) is 3. The molecule has 3 heterocycles. The number of ketones is 1. The van der Waals surface area contributed by atoms with E-state index >= 15 is 0 Å². The average Bonchev–Trinajstić information content (AvgIpc) is 3.21. The van der Waals surface area contributed by atoms with E-state index in [4.69, 9.17) is 0 Å². The van der Waals surface area contributed by atoms with Crippen molar-refractivity contribution in [3.63, 3.8) is 0 Å². The third kappa shape index (κ3) is 4.24. The monoisotopic (exact) mass is 389 g/mol. The van der Waals surface area contributed by atoms with Crippen LogP contribution in [0.15, 0.2) is 48.8 Å². The fourth-order valence-corrected chi connectivity index (χ4v) is 4.08. The second kappa shape index (κ2) is 8.19. The van der Waals surface area contributed by atoms with Crippen LogP contribution in [-0.4, -0.2) is 39.6 Å². The first kappa shape index (κ1) is 19.4. The summed E-state index contributed by atoms with van der Waals surface area (Å²) in [4.78, 5) is 34.9. The maximum Gasteiger partial charge on any atom is 0.255 e. The maximum absolute atomic E-state index is 12.9. The third-order valence-electron chi connectivity index (χ3n) is 5.63. The van der Waals surface area contributed by atoms with Crippen LogP contribution in [0.25, 0.3) is 22.2 Å². The average molecular weight is 389 g/mol. The zero-order valence-electron chi connectivity index (χ0n) is 17.0. The molecule has 150 valence electrons. The summed E-state index contributed by atoms with van der Waals surface area (Å²) in [5, 5.41) is 1.13. The standard InChI is InChI=1S/C24H27N3O2/c1-16(2)12-23(28)20-4-3-11-27(15-20)24(29)19-6-8-22(26-14-19)17-5-7-21-18(13-17)9-10-25-21/h5-10,13-14,16,20,25H,3-4,11-12,15H2,1-2H3. The molecule has 1 aromatic carbocycles. The predicted molar refractivity (Wildman–Crippen MR) is 115 cm³/mol. The van der Waals surface area contributed by atoms with Crippen LogP contribution in [0.5, 0.6) is 0 Å². The lowest BCUT2D eigenvalue weighted by atomic mass is 9.89.